The Kier molecular flexibility index (Phi) is 7.62. The summed E-state index contributed by atoms with van der Waals surface area (Å²) in [6.45, 7) is 0. The van der Waals surface area contributed by atoms with Gasteiger partial charge in [0, 0.05) is 32.9 Å². The molecule has 1 aliphatic carbocycles. The number of fused-ring (bicyclic) bond motifs is 6. The summed E-state index contributed by atoms with van der Waals surface area (Å²) < 4.78 is 69.9. The van der Waals surface area contributed by atoms with Crippen molar-refractivity contribution in [3.63, 3.8) is 0 Å². The van der Waals surface area contributed by atoms with Crippen molar-refractivity contribution >= 4 is 72.4 Å². The van der Waals surface area contributed by atoms with Crippen molar-refractivity contribution in [3.8, 4) is 22.5 Å². The lowest BCUT2D eigenvalue weighted by atomic mass is 9.84. The van der Waals surface area contributed by atoms with E-state index < -0.39 is 20.2 Å². The predicted molar refractivity (Wildman–Crippen MR) is 270 cm³/mol. The third-order valence-corrected chi connectivity index (χ3v) is 18.3. The average molecular weight is 832 g/mol. The van der Waals surface area contributed by atoms with Crippen LogP contribution >= 0.6 is 0 Å². The Morgan fingerprint density at radius 2 is 1.00 bits per heavy atom. The Morgan fingerprint density at radius 1 is 0.397 bits per heavy atom. The maximum Gasteiger partial charge on any atom is 0.179 e. The second-order valence-electron chi connectivity index (χ2n) is 16.9. The number of hydrogen-bond donors (Lipinski definition) is 0. The first-order chi connectivity index (χ1) is 34.2. The SMILES string of the molecule is [2H]c1c([2H])c([2H])c2c(c1[2H])c1c([2H])c(-n3c4ccccc4c4cc(C5CCCCC5)ccc43)c([2H])c([2H])c1n2-c1cccc(-c2ccc([Si](c3ccccc3)(c3ccccc3)c3ccccc3)cc2)c1. The van der Waals surface area contributed by atoms with Crippen LogP contribution < -0.4 is 20.7 Å². The van der Waals surface area contributed by atoms with Crippen molar-refractivity contribution < 1.29 is 9.60 Å². The molecule has 2 aromatic heterocycles. The molecule has 2 nitrogen and oxygen atoms in total. The van der Waals surface area contributed by atoms with E-state index in [0.29, 0.717) is 11.6 Å². The maximum absolute atomic E-state index is 10.1. The molecule has 0 amide bonds. The van der Waals surface area contributed by atoms with Crippen LogP contribution in [0, 0.1) is 0 Å². The van der Waals surface area contributed by atoms with E-state index in [1.807, 2.05) is 47.0 Å². The van der Waals surface area contributed by atoms with Crippen LogP contribution in [0.3, 0.4) is 0 Å². The van der Waals surface area contributed by atoms with Crippen LogP contribution in [0.25, 0.3) is 66.1 Å². The van der Waals surface area contributed by atoms with Crippen LogP contribution in [0.5, 0.6) is 0 Å². The first-order valence-electron chi connectivity index (χ1n) is 25.6. The van der Waals surface area contributed by atoms with Gasteiger partial charge in [-0.1, -0.05) is 189 Å². The molecule has 2 heterocycles. The molecule has 63 heavy (non-hydrogen) atoms. The van der Waals surface area contributed by atoms with Crippen LogP contribution in [-0.2, 0) is 0 Å². The topological polar surface area (TPSA) is 9.86 Å². The summed E-state index contributed by atoms with van der Waals surface area (Å²) in [5.74, 6) is 0.481. The van der Waals surface area contributed by atoms with E-state index in [1.54, 1.807) is 4.57 Å². The minimum Gasteiger partial charge on any atom is -0.309 e. The molecule has 11 aromatic rings. The zero-order chi connectivity index (χ0) is 47.8. The quantitative estimate of drug-likeness (QED) is 0.107. The molecule has 9 aromatic carbocycles. The van der Waals surface area contributed by atoms with E-state index in [2.05, 4.69) is 140 Å². The molecule has 3 heteroatoms. The van der Waals surface area contributed by atoms with Gasteiger partial charge < -0.3 is 9.13 Å². The lowest BCUT2D eigenvalue weighted by Crippen LogP contribution is -2.74. The zero-order valence-electron chi connectivity index (χ0n) is 41.8. The summed E-state index contributed by atoms with van der Waals surface area (Å²) in [6, 6.07) is 61.7. The molecule has 0 bridgehead atoms. The van der Waals surface area contributed by atoms with E-state index in [-0.39, 0.29) is 57.7 Å². The molecule has 0 N–H and O–H groups in total. The van der Waals surface area contributed by atoms with Crippen LogP contribution in [0.15, 0.2) is 224 Å². The van der Waals surface area contributed by atoms with Gasteiger partial charge in [0.1, 0.15) is 0 Å². The van der Waals surface area contributed by atoms with Gasteiger partial charge in [0.15, 0.2) is 8.07 Å². The lowest BCUT2D eigenvalue weighted by Gasteiger charge is -2.34. The van der Waals surface area contributed by atoms with Gasteiger partial charge in [0.05, 0.1) is 31.7 Å². The summed E-state index contributed by atoms with van der Waals surface area (Å²) in [6.07, 6.45) is 6.00. The highest BCUT2D eigenvalue weighted by atomic mass is 28.3. The second-order valence-corrected chi connectivity index (χ2v) is 20.8. The summed E-state index contributed by atoms with van der Waals surface area (Å²) >= 11 is 0. The first kappa shape index (κ1) is 30.8. The van der Waals surface area contributed by atoms with Crippen LogP contribution in [-0.4, -0.2) is 17.2 Å². The van der Waals surface area contributed by atoms with E-state index in [0.717, 1.165) is 45.8 Å². The van der Waals surface area contributed by atoms with E-state index in [4.69, 9.17) is 2.74 Å². The molecular weight excluding hydrogens is 777 g/mol. The molecule has 0 atom stereocenters. The summed E-state index contributed by atoms with van der Waals surface area (Å²) in [7, 11) is -2.78. The third kappa shape index (κ3) is 6.21. The zero-order valence-corrected chi connectivity index (χ0v) is 35.8. The highest BCUT2D eigenvalue weighted by Gasteiger charge is 2.41. The van der Waals surface area contributed by atoms with E-state index in [1.165, 1.54) is 45.6 Å². The minimum absolute atomic E-state index is 0.0709. The molecule has 0 unspecified atom stereocenters. The highest BCUT2D eigenvalue weighted by Crippen LogP contribution is 2.40. The molecule has 1 aliphatic rings. The minimum atomic E-state index is -2.78. The van der Waals surface area contributed by atoms with E-state index >= 15 is 0 Å². The summed E-state index contributed by atoms with van der Waals surface area (Å²) in [5.41, 5.74) is 5.85. The number of aromatic nitrogens is 2. The Hall–Kier alpha value is -7.20. The highest BCUT2D eigenvalue weighted by molar-refractivity contribution is 7.19. The van der Waals surface area contributed by atoms with Crippen LogP contribution in [0.4, 0.5) is 0 Å². The van der Waals surface area contributed by atoms with Crippen molar-refractivity contribution in [2.45, 2.75) is 38.0 Å². The molecule has 12 rings (SSSR count). The second kappa shape index (κ2) is 15.6. The molecule has 302 valence electrons. The monoisotopic (exact) mass is 831 g/mol. The standard InChI is InChI=1S/C60H48N2Si/c1-5-18-43(19-6-1)46-34-38-59-55(41-46)53-28-13-15-30-57(53)62(59)48-35-39-60-56(42-48)54-29-14-16-31-58(54)61(60)47-21-17-20-45(40-47)44-32-36-52(37-33-44)63(49-22-7-2-8-23-49,50-24-9-3-10-25-50)51-26-11-4-12-27-51/h2-4,7-17,20-43H,1,5-6,18-19H2/i14D,16D,29D,31D,35D,39D,42D. The number of rotatable bonds is 8. The third-order valence-electron chi connectivity index (χ3n) is 13.5. The Balaban J connectivity index is 1.06. The molecule has 1 saturated carbocycles. The molecule has 0 radical (unpaired) electrons. The van der Waals surface area contributed by atoms with Gasteiger partial charge in [-0.3, -0.25) is 0 Å². The number of benzene rings is 9. The Morgan fingerprint density at radius 3 is 1.71 bits per heavy atom. The number of para-hydroxylation sites is 2. The smallest absolute Gasteiger partial charge is 0.179 e. The van der Waals surface area contributed by atoms with Gasteiger partial charge in [0.2, 0.25) is 0 Å². The van der Waals surface area contributed by atoms with Crippen molar-refractivity contribution in [1.82, 2.24) is 9.13 Å². The first-order valence-corrected chi connectivity index (χ1v) is 24.1. The molecule has 0 aliphatic heterocycles. The Bertz CT molecular complexity index is 3730. The lowest BCUT2D eigenvalue weighted by molar-refractivity contribution is 0.444. The molecule has 0 saturated heterocycles. The predicted octanol–water partition coefficient (Wildman–Crippen LogP) is 13.0. The van der Waals surface area contributed by atoms with Gasteiger partial charge in [-0.2, -0.15) is 0 Å². The molecule has 0 spiro atoms. The van der Waals surface area contributed by atoms with Gasteiger partial charge in [0.25, 0.3) is 0 Å². The number of nitrogens with zero attached hydrogens (tertiary/aromatic N) is 2. The Labute approximate surface area is 380 Å². The fraction of sp³-hybridized carbons (Fsp3) is 0.100. The molecule has 1 fully saturated rings. The van der Waals surface area contributed by atoms with Gasteiger partial charge in [-0.15, -0.1) is 0 Å². The van der Waals surface area contributed by atoms with Crippen molar-refractivity contribution in [1.29, 1.82) is 0 Å². The van der Waals surface area contributed by atoms with E-state index in [9.17, 15) is 6.85 Å². The normalized spacial score (nSPS) is 15.2. The van der Waals surface area contributed by atoms with Crippen molar-refractivity contribution in [3.05, 3.63) is 230 Å². The van der Waals surface area contributed by atoms with Crippen LogP contribution in [0.2, 0.25) is 0 Å². The van der Waals surface area contributed by atoms with Crippen LogP contribution in [0.1, 0.15) is 53.2 Å². The fourth-order valence-electron chi connectivity index (χ4n) is 10.6. The largest absolute Gasteiger partial charge is 0.309 e. The van der Waals surface area contributed by atoms with Crippen molar-refractivity contribution in [2.75, 3.05) is 0 Å². The fourth-order valence-corrected chi connectivity index (χ4v) is 15.3. The van der Waals surface area contributed by atoms with Gasteiger partial charge in [-0.05, 0) is 111 Å². The summed E-state index contributed by atoms with van der Waals surface area (Å²) in [5, 5.41) is 7.42. The molecular formula is C60H48N2Si. The maximum atomic E-state index is 10.1. The van der Waals surface area contributed by atoms with Crippen molar-refractivity contribution in [2.24, 2.45) is 0 Å². The van der Waals surface area contributed by atoms with Gasteiger partial charge >= 0.3 is 0 Å². The summed E-state index contributed by atoms with van der Waals surface area (Å²) in [4.78, 5) is 0. The number of hydrogen-bond acceptors (Lipinski definition) is 0. The average Bonchev–Trinajstić information content (AvgIpc) is 3.95. The van der Waals surface area contributed by atoms with Gasteiger partial charge in [-0.25, -0.2) is 0 Å².